The number of hydrogen-bond acceptors (Lipinski definition) is 6. The highest BCUT2D eigenvalue weighted by Gasteiger charge is 2.40. The number of hydrogen-bond donors (Lipinski definition) is 2. The molecule has 3 amide bonds. The lowest BCUT2D eigenvalue weighted by atomic mass is 10.0. The maximum Gasteiger partial charge on any atom is 0.255 e. The zero-order valence-corrected chi connectivity index (χ0v) is 18.3. The van der Waals surface area contributed by atoms with Crippen molar-refractivity contribution in [3.8, 4) is 0 Å². The second-order valence-corrected chi connectivity index (χ2v) is 9.81. The van der Waals surface area contributed by atoms with E-state index in [-0.39, 0.29) is 37.0 Å². The normalized spacial score (nSPS) is 18.4. The van der Waals surface area contributed by atoms with Crippen LogP contribution in [0.1, 0.15) is 34.3 Å². The van der Waals surface area contributed by atoms with Gasteiger partial charge in [0.05, 0.1) is 17.0 Å². The van der Waals surface area contributed by atoms with Crippen molar-refractivity contribution >= 4 is 44.3 Å². The van der Waals surface area contributed by atoms with Crippen LogP contribution in [0.15, 0.2) is 54.7 Å². The summed E-state index contributed by atoms with van der Waals surface area (Å²) in [7, 11) is -3.82. The molecule has 1 aromatic heterocycles. The Morgan fingerprint density at radius 1 is 1.06 bits per heavy atom. The van der Waals surface area contributed by atoms with Gasteiger partial charge in [-0.15, -0.1) is 0 Å². The van der Waals surface area contributed by atoms with Crippen LogP contribution in [-0.2, 0) is 31.9 Å². The highest BCUT2D eigenvalue weighted by Crippen LogP contribution is 2.33. The van der Waals surface area contributed by atoms with E-state index in [0.717, 1.165) is 5.39 Å². The molecule has 3 heterocycles. The summed E-state index contributed by atoms with van der Waals surface area (Å²) in [6.45, 7) is 0.0783. The van der Waals surface area contributed by atoms with Crippen LogP contribution in [0.5, 0.6) is 0 Å². The monoisotopic (exact) mass is 464 g/mol. The summed E-state index contributed by atoms with van der Waals surface area (Å²) in [6, 6.07) is 13.1. The number of nitrogens with zero attached hydrogens (tertiary/aromatic N) is 2. The maximum atomic E-state index is 13.0. The summed E-state index contributed by atoms with van der Waals surface area (Å²) in [6.07, 6.45) is 2.00. The number of carbonyl (C=O) groups excluding carboxylic acids is 3. The zero-order valence-electron chi connectivity index (χ0n) is 17.4. The van der Waals surface area contributed by atoms with Gasteiger partial charge < -0.3 is 4.90 Å². The third-order valence-corrected chi connectivity index (χ3v) is 7.13. The molecule has 0 bridgehead atoms. The minimum Gasteiger partial charge on any atom is -0.322 e. The Labute approximate surface area is 189 Å². The lowest BCUT2D eigenvalue weighted by molar-refractivity contribution is -0.136. The lowest BCUT2D eigenvalue weighted by Crippen LogP contribution is -2.52. The van der Waals surface area contributed by atoms with Crippen molar-refractivity contribution in [1.82, 2.24) is 15.2 Å². The fourth-order valence-electron chi connectivity index (χ4n) is 4.37. The molecule has 2 N–H and O–H groups in total. The van der Waals surface area contributed by atoms with Gasteiger partial charge in [0.15, 0.2) is 0 Å². The molecule has 10 heteroatoms. The standard InChI is InChI=1S/C23H20N4O5S/c28-20-10-9-19(22(29)25-20)27-12-17-16(23(27)30)7-2-8-18(17)26-33(31,32)13-15-5-1-4-14-6-3-11-24-21(14)15/h1-8,11,19,26H,9-10,12-13H2,(H,25,28,29). The first-order valence-corrected chi connectivity index (χ1v) is 12.1. The Morgan fingerprint density at radius 2 is 1.85 bits per heavy atom. The van der Waals surface area contributed by atoms with E-state index in [9.17, 15) is 22.8 Å². The largest absolute Gasteiger partial charge is 0.322 e. The van der Waals surface area contributed by atoms with Crippen LogP contribution >= 0.6 is 0 Å². The average Bonchev–Trinajstić information content (AvgIpc) is 3.11. The Balaban J connectivity index is 1.41. The summed E-state index contributed by atoms with van der Waals surface area (Å²) >= 11 is 0. The molecule has 0 radical (unpaired) electrons. The SMILES string of the molecule is O=C1CCC(N2Cc3c(NS(=O)(=O)Cc4cccc5cccnc45)cccc3C2=O)C(=O)N1. The lowest BCUT2D eigenvalue weighted by Gasteiger charge is -2.29. The molecule has 2 aliphatic rings. The highest BCUT2D eigenvalue weighted by molar-refractivity contribution is 7.91. The molecular weight excluding hydrogens is 444 g/mol. The molecule has 0 saturated carbocycles. The van der Waals surface area contributed by atoms with E-state index in [1.54, 1.807) is 42.6 Å². The van der Waals surface area contributed by atoms with Gasteiger partial charge in [-0.3, -0.25) is 29.4 Å². The number of carbonyl (C=O) groups is 3. The van der Waals surface area contributed by atoms with Crippen molar-refractivity contribution in [3.05, 3.63) is 71.4 Å². The number of anilines is 1. The topological polar surface area (TPSA) is 126 Å². The minimum absolute atomic E-state index is 0.0783. The fourth-order valence-corrected chi connectivity index (χ4v) is 5.61. The van der Waals surface area contributed by atoms with E-state index in [4.69, 9.17) is 0 Å². The highest BCUT2D eigenvalue weighted by atomic mass is 32.2. The number of nitrogens with one attached hydrogen (secondary N) is 2. The smallest absolute Gasteiger partial charge is 0.255 e. The van der Waals surface area contributed by atoms with Crippen molar-refractivity contribution in [3.63, 3.8) is 0 Å². The molecule has 3 aromatic rings. The van der Waals surface area contributed by atoms with Gasteiger partial charge in [-0.2, -0.15) is 0 Å². The number of benzene rings is 2. The van der Waals surface area contributed by atoms with Gasteiger partial charge in [0.1, 0.15) is 6.04 Å². The van der Waals surface area contributed by atoms with Gasteiger partial charge >= 0.3 is 0 Å². The molecule has 0 spiro atoms. The van der Waals surface area contributed by atoms with Crippen LogP contribution in [0.2, 0.25) is 0 Å². The molecule has 9 nitrogen and oxygen atoms in total. The molecule has 1 saturated heterocycles. The van der Waals surface area contributed by atoms with Gasteiger partial charge in [-0.25, -0.2) is 8.42 Å². The van der Waals surface area contributed by atoms with E-state index in [1.165, 1.54) is 4.90 Å². The van der Waals surface area contributed by atoms with Crippen molar-refractivity contribution in [2.45, 2.75) is 31.2 Å². The number of para-hydroxylation sites is 1. The van der Waals surface area contributed by atoms with E-state index in [1.807, 2.05) is 12.1 Å². The molecule has 1 fully saturated rings. The predicted octanol–water partition coefficient (Wildman–Crippen LogP) is 1.94. The van der Waals surface area contributed by atoms with Crippen LogP contribution in [0.25, 0.3) is 10.9 Å². The van der Waals surface area contributed by atoms with E-state index >= 15 is 0 Å². The number of amides is 3. The van der Waals surface area contributed by atoms with E-state index < -0.39 is 22.0 Å². The summed E-state index contributed by atoms with van der Waals surface area (Å²) in [5, 5.41) is 3.10. The Morgan fingerprint density at radius 3 is 2.67 bits per heavy atom. The van der Waals surface area contributed by atoms with E-state index in [2.05, 4.69) is 15.0 Å². The average molecular weight is 465 g/mol. The summed E-state index contributed by atoms with van der Waals surface area (Å²) < 4.78 is 28.7. The van der Waals surface area contributed by atoms with Crippen LogP contribution in [-0.4, -0.2) is 42.1 Å². The second-order valence-electron chi connectivity index (χ2n) is 8.09. The number of fused-ring (bicyclic) bond motifs is 2. The molecule has 5 rings (SSSR count). The van der Waals surface area contributed by atoms with Crippen molar-refractivity contribution in [2.24, 2.45) is 0 Å². The Hall–Kier alpha value is -3.79. The fraction of sp³-hybridized carbons (Fsp3) is 0.217. The van der Waals surface area contributed by atoms with E-state index in [0.29, 0.717) is 27.9 Å². The predicted molar refractivity (Wildman–Crippen MR) is 120 cm³/mol. The molecule has 1 atom stereocenters. The third kappa shape index (κ3) is 3.93. The van der Waals surface area contributed by atoms with Crippen molar-refractivity contribution < 1.29 is 22.8 Å². The maximum absolute atomic E-state index is 13.0. The third-order valence-electron chi connectivity index (χ3n) is 5.91. The van der Waals surface area contributed by atoms with Crippen LogP contribution in [0, 0.1) is 0 Å². The summed E-state index contributed by atoms with van der Waals surface area (Å²) in [5.41, 5.74) is 2.32. The summed E-state index contributed by atoms with van der Waals surface area (Å²) in [5.74, 6) is -1.52. The summed E-state index contributed by atoms with van der Waals surface area (Å²) in [4.78, 5) is 42.4. The van der Waals surface area contributed by atoms with Crippen LogP contribution < -0.4 is 10.0 Å². The first kappa shape index (κ1) is 21.1. The van der Waals surface area contributed by atoms with Gasteiger partial charge in [-0.05, 0) is 30.2 Å². The van der Waals surface area contributed by atoms with Crippen LogP contribution in [0.3, 0.4) is 0 Å². The van der Waals surface area contributed by atoms with Gasteiger partial charge in [-0.1, -0.05) is 30.3 Å². The number of pyridine rings is 1. The molecule has 1 unspecified atom stereocenters. The number of aromatic nitrogens is 1. The van der Waals surface area contributed by atoms with Crippen LogP contribution in [0.4, 0.5) is 5.69 Å². The molecule has 33 heavy (non-hydrogen) atoms. The number of piperidine rings is 1. The quantitative estimate of drug-likeness (QED) is 0.556. The molecular formula is C23H20N4O5S. The number of imide groups is 1. The van der Waals surface area contributed by atoms with Gasteiger partial charge in [0, 0.05) is 35.7 Å². The van der Waals surface area contributed by atoms with Crippen molar-refractivity contribution in [1.29, 1.82) is 0 Å². The second kappa shape index (κ2) is 7.96. The minimum atomic E-state index is -3.82. The van der Waals surface area contributed by atoms with Gasteiger partial charge in [0.25, 0.3) is 5.91 Å². The molecule has 168 valence electrons. The number of rotatable bonds is 5. The zero-order chi connectivity index (χ0) is 23.2. The molecule has 2 aliphatic heterocycles. The van der Waals surface area contributed by atoms with Gasteiger partial charge in [0.2, 0.25) is 21.8 Å². The number of sulfonamides is 1. The first-order valence-electron chi connectivity index (χ1n) is 10.4. The molecule has 2 aromatic carbocycles. The Kier molecular flexibility index (Phi) is 5.09. The first-order chi connectivity index (χ1) is 15.8. The van der Waals surface area contributed by atoms with Crippen molar-refractivity contribution in [2.75, 3.05) is 4.72 Å². The molecule has 0 aliphatic carbocycles. The Bertz CT molecular complexity index is 1410.